The average Bonchev–Trinajstić information content (AvgIpc) is 3.32. The van der Waals surface area contributed by atoms with Crippen LogP contribution in [0.1, 0.15) is 25.8 Å². The van der Waals surface area contributed by atoms with Gasteiger partial charge in [-0.05, 0) is 43.7 Å². The SMILES string of the molecule is CCN1CCC(n2cc(-c3nnc(-c4ccc(O)cc4)o3)nn2)CC1. The molecule has 3 heterocycles. The second-order valence-corrected chi connectivity index (χ2v) is 6.21. The Labute approximate surface area is 145 Å². The molecular formula is C17H20N6O2. The number of nitrogens with zero attached hydrogens (tertiary/aromatic N) is 6. The number of phenols is 1. The number of piperidine rings is 1. The minimum absolute atomic E-state index is 0.195. The minimum Gasteiger partial charge on any atom is -0.508 e. The van der Waals surface area contributed by atoms with Crippen LogP contribution in [0.5, 0.6) is 5.75 Å². The fourth-order valence-electron chi connectivity index (χ4n) is 3.10. The molecule has 2 aromatic heterocycles. The van der Waals surface area contributed by atoms with Crippen LogP contribution in [-0.4, -0.2) is 54.8 Å². The van der Waals surface area contributed by atoms with Crippen molar-refractivity contribution in [1.29, 1.82) is 0 Å². The van der Waals surface area contributed by atoms with Crippen LogP contribution < -0.4 is 0 Å². The summed E-state index contributed by atoms with van der Waals surface area (Å²) in [5.41, 5.74) is 1.33. The van der Waals surface area contributed by atoms with Crippen LogP contribution in [0.2, 0.25) is 0 Å². The highest BCUT2D eigenvalue weighted by molar-refractivity contribution is 5.56. The van der Waals surface area contributed by atoms with Crippen LogP contribution in [0.3, 0.4) is 0 Å². The normalized spacial score (nSPS) is 16.4. The second-order valence-electron chi connectivity index (χ2n) is 6.21. The Hall–Kier alpha value is -2.74. The molecule has 1 saturated heterocycles. The highest BCUT2D eigenvalue weighted by atomic mass is 16.4. The van der Waals surface area contributed by atoms with Crippen LogP contribution in [-0.2, 0) is 0 Å². The van der Waals surface area contributed by atoms with E-state index in [-0.39, 0.29) is 5.75 Å². The Balaban J connectivity index is 1.50. The van der Waals surface area contributed by atoms with Gasteiger partial charge in [-0.15, -0.1) is 15.3 Å². The molecule has 1 aliphatic rings. The zero-order valence-corrected chi connectivity index (χ0v) is 14.0. The summed E-state index contributed by atoms with van der Waals surface area (Å²) in [4.78, 5) is 2.44. The Morgan fingerprint density at radius 2 is 1.80 bits per heavy atom. The minimum atomic E-state index is 0.195. The molecule has 0 atom stereocenters. The summed E-state index contributed by atoms with van der Waals surface area (Å²) in [5, 5.41) is 25.9. The molecule has 1 N–H and O–H groups in total. The summed E-state index contributed by atoms with van der Waals surface area (Å²) >= 11 is 0. The smallest absolute Gasteiger partial charge is 0.270 e. The number of aromatic nitrogens is 5. The maximum atomic E-state index is 9.35. The van der Waals surface area contributed by atoms with Crippen molar-refractivity contribution in [1.82, 2.24) is 30.1 Å². The molecule has 1 aliphatic heterocycles. The Morgan fingerprint density at radius 3 is 2.52 bits per heavy atom. The Kier molecular flexibility index (Phi) is 4.19. The van der Waals surface area contributed by atoms with Gasteiger partial charge in [-0.2, -0.15) is 0 Å². The van der Waals surface area contributed by atoms with Crippen molar-refractivity contribution < 1.29 is 9.52 Å². The molecule has 0 saturated carbocycles. The lowest BCUT2D eigenvalue weighted by Crippen LogP contribution is -2.34. The number of phenolic OH excluding ortho intramolecular Hbond substituents is 1. The van der Waals surface area contributed by atoms with Crippen molar-refractivity contribution in [3.05, 3.63) is 30.5 Å². The van der Waals surface area contributed by atoms with E-state index in [1.807, 2.05) is 10.9 Å². The van der Waals surface area contributed by atoms with Crippen molar-refractivity contribution in [2.24, 2.45) is 0 Å². The van der Waals surface area contributed by atoms with Crippen LogP contribution in [0.15, 0.2) is 34.9 Å². The van der Waals surface area contributed by atoms with Gasteiger partial charge in [0.05, 0.1) is 12.2 Å². The molecular weight excluding hydrogens is 320 g/mol. The third-order valence-electron chi connectivity index (χ3n) is 4.65. The number of hydrogen-bond donors (Lipinski definition) is 1. The zero-order valence-electron chi connectivity index (χ0n) is 14.0. The van der Waals surface area contributed by atoms with Crippen LogP contribution in [0.4, 0.5) is 0 Å². The van der Waals surface area contributed by atoms with E-state index in [1.165, 1.54) is 0 Å². The van der Waals surface area contributed by atoms with Crippen molar-refractivity contribution in [2.45, 2.75) is 25.8 Å². The van der Waals surface area contributed by atoms with E-state index in [4.69, 9.17) is 4.42 Å². The van der Waals surface area contributed by atoms with Crippen LogP contribution >= 0.6 is 0 Å². The molecule has 0 radical (unpaired) electrons. The lowest BCUT2D eigenvalue weighted by atomic mass is 10.1. The number of likely N-dealkylation sites (tertiary alicyclic amines) is 1. The van der Waals surface area contributed by atoms with Gasteiger partial charge in [0.1, 0.15) is 5.75 Å². The monoisotopic (exact) mass is 340 g/mol. The summed E-state index contributed by atoms with van der Waals surface area (Å²) < 4.78 is 7.61. The highest BCUT2D eigenvalue weighted by Crippen LogP contribution is 2.26. The van der Waals surface area contributed by atoms with E-state index in [2.05, 4.69) is 32.3 Å². The van der Waals surface area contributed by atoms with Gasteiger partial charge in [-0.3, -0.25) is 0 Å². The van der Waals surface area contributed by atoms with E-state index < -0.39 is 0 Å². The highest BCUT2D eigenvalue weighted by Gasteiger charge is 2.22. The molecule has 8 heteroatoms. The third kappa shape index (κ3) is 3.25. The van der Waals surface area contributed by atoms with Crippen molar-refractivity contribution >= 4 is 0 Å². The van der Waals surface area contributed by atoms with E-state index in [1.54, 1.807) is 24.3 Å². The first-order chi connectivity index (χ1) is 12.2. The van der Waals surface area contributed by atoms with Gasteiger partial charge in [0, 0.05) is 18.7 Å². The summed E-state index contributed by atoms with van der Waals surface area (Å²) in [6.07, 6.45) is 4.01. The van der Waals surface area contributed by atoms with Crippen molar-refractivity contribution in [3.8, 4) is 28.8 Å². The summed E-state index contributed by atoms with van der Waals surface area (Å²) in [6, 6.07) is 6.98. The summed E-state index contributed by atoms with van der Waals surface area (Å²) in [6.45, 7) is 5.45. The number of aromatic hydroxyl groups is 1. The Bertz CT molecular complexity index is 833. The molecule has 1 fully saturated rings. The summed E-state index contributed by atoms with van der Waals surface area (Å²) in [5.74, 6) is 0.932. The van der Waals surface area contributed by atoms with Gasteiger partial charge in [-0.1, -0.05) is 12.1 Å². The molecule has 0 aliphatic carbocycles. The first kappa shape index (κ1) is 15.8. The lowest BCUT2D eigenvalue weighted by molar-refractivity contribution is 0.186. The van der Waals surface area contributed by atoms with Crippen molar-refractivity contribution in [2.75, 3.05) is 19.6 Å². The molecule has 1 aromatic carbocycles. The predicted molar refractivity (Wildman–Crippen MR) is 90.8 cm³/mol. The zero-order chi connectivity index (χ0) is 17.2. The maximum absolute atomic E-state index is 9.35. The molecule has 0 bridgehead atoms. The molecule has 25 heavy (non-hydrogen) atoms. The first-order valence-electron chi connectivity index (χ1n) is 8.50. The summed E-state index contributed by atoms with van der Waals surface area (Å²) in [7, 11) is 0. The van der Waals surface area contributed by atoms with E-state index >= 15 is 0 Å². The molecule has 4 rings (SSSR count). The van der Waals surface area contributed by atoms with Gasteiger partial charge < -0.3 is 14.4 Å². The number of benzene rings is 1. The third-order valence-corrected chi connectivity index (χ3v) is 4.65. The number of hydrogen-bond acceptors (Lipinski definition) is 7. The fraction of sp³-hybridized carbons (Fsp3) is 0.412. The molecule has 0 spiro atoms. The van der Waals surface area contributed by atoms with E-state index in [0.717, 1.165) is 38.0 Å². The van der Waals surface area contributed by atoms with Crippen molar-refractivity contribution in [3.63, 3.8) is 0 Å². The fourth-order valence-corrected chi connectivity index (χ4v) is 3.10. The lowest BCUT2D eigenvalue weighted by Gasteiger charge is -2.30. The predicted octanol–water partition coefficient (Wildman–Crippen LogP) is 2.36. The first-order valence-corrected chi connectivity index (χ1v) is 8.50. The Morgan fingerprint density at radius 1 is 1.08 bits per heavy atom. The molecule has 0 unspecified atom stereocenters. The standard InChI is InChI=1S/C17H20N6O2/c1-2-22-9-7-13(8-10-22)23-11-15(18-21-23)17-20-19-16(25-17)12-3-5-14(24)6-4-12/h3-6,11,13,24H,2,7-10H2,1H3. The van der Waals surface area contributed by atoms with Gasteiger partial charge >= 0.3 is 0 Å². The average molecular weight is 340 g/mol. The van der Waals surface area contributed by atoms with Gasteiger partial charge in [0.25, 0.3) is 5.89 Å². The van der Waals surface area contributed by atoms with Gasteiger partial charge in [-0.25, -0.2) is 4.68 Å². The molecule has 0 amide bonds. The van der Waals surface area contributed by atoms with Gasteiger partial charge in [0.15, 0.2) is 5.69 Å². The topological polar surface area (TPSA) is 93.1 Å². The molecule has 130 valence electrons. The quantitative estimate of drug-likeness (QED) is 0.779. The van der Waals surface area contributed by atoms with E-state index in [0.29, 0.717) is 23.5 Å². The number of rotatable bonds is 4. The van der Waals surface area contributed by atoms with Crippen LogP contribution in [0.25, 0.3) is 23.0 Å². The molecule has 8 nitrogen and oxygen atoms in total. The van der Waals surface area contributed by atoms with Crippen LogP contribution in [0, 0.1) is 0 Å². The van der Waals surface area contributed by atoms with E-state index in [9.17, 15) is 5.11 Å². The maximum Gasteiger partial charge on any atom is 0.270 e. The molecule has 3 aromatic rings. The largest absolute Gasteiger partial charge is 0.508 e. The second kappa shape index (κ2) is 6.64. The van der Waals surface area contributed by atoms with Gasteiger partial charge in [0.2, 0.25) is 5.89 Å².